The lowest BCUT2D eigenvalue weighted by molar-refractivity contribution is -0.113. The molecule has 0 aliphatic heterocycles. The lowest BCUT2D eigenvalue weighted by Gasteiger charge is -2.10. The molecule has 2 amide bonds. The van der Waals surface area contributed by atoms with Crippen molar-refractivity contribution >= 4 is 40.9 Å². The largest absolute Gasteiger partial charge is 0.348 e. The molecule has 0 fully saturated rings. The fourth-order valence-electron chi connectivity index (χ4n) is 3.13. The van der Waals surface area contributed by atoms with Crippen LogP contribution >= 0.6 is 23.4 Å². The fourth-order valence-corrected chi connectivity index (χ4v) is 4.08. The Morgan fingerprint density at radius 2 is 1.67 bits per heavy atom. The minimum Gasteiger partial charge on any atom is -0.348 e. The monoisotopic (exact) mass is 476 g/mol. The normalized spacial score (nSPS) is 10.6. The number of thioether (sulfide) groups is 1. The van der Waals surface area contributed by atoms with E-state index in [1.54, 1.807) is 30.5 Å². The zero-order chi connectivity index (χ0) is 23.0. The Kier molecular flexibility index (Phi) is 7.44. The Balaban J connectivity index is 1.35. The molecule has 0 radical (unpaired) electrons. The summed E-state index contributed by atoms with van der Waals surface area (Å²) in [5.41, 5.74) is 3.04. The van der Waals surface area contributed by atoms with Crippen molar-refractivity contribution in [3.8, 4) is 5.69 Å². The number of anilines is 1. The number of nitrogens with one attached hydrogen (secondary N) is 2. The number of rotatable bonds is 8. The fraction of sp³-hybridized carbons (Fsp3) is 0.0800. The smallest absolute Gasteiger partial charge is 0.251 e. The van der Waals surface area contributed by atoms with Gasteiger partial charge in [-0.15, -0.1) is 0 Å². The Hall–Kier alpha value is -3.55. The number of halogens is 1. The number of benzene rings is 3. The van der Waals surface area contributed by atoms with Crippen molar-refractivity contribution in [1.29, 1.82) is 0 Å². The van der Waals surface area contributed by atoms with Crippen molar-refractivity contribution < 1.29 is 9.59 Å². The van der Waals surface area contributed by atoms with Crippen molar-refractivity contribution in [1.82, 2.24) is 14.9 Å². The molecule has 166 valence electrons. The van der Waals surface area contributed by atoms with Gasteiger partial charge in [0.05, 0.1) is 16.5 Å². The van der Waals surface area contributed by atoms with Gasteiger partial charge in [-0.05, 0) is 42.0 Å². The van der Waals surface area contributed by atoms with Crippen LogP contribution in [0.3, 0.4) is 0 Å². The Morgan fingerprint density at radius 3 is 2.42 bits per heavy atom. The lowest BCUT2D eigenvalue weighted by atomic mass is 10.1. The average Bonchev–Trinajstić information content (AvgIpc) is 3.32. The van der Waals surface area contributed by atoms with Crippen LogP contribution in [0.4, 0.5) is 5.69 Å². The van der Waals surface area contributed by atoms with Crippen LogP contribution in [0.5, 0.6) is 0 Å². The highest BCUT2D eigenvalue weighted by Crippen LogP contribution is 2.23. The molecule has 8 heteroatoms. The quantitative estimate of drug-likeness (QED) is 0.343. The maximum Gasteiger partial charge on any atom is 0.251 e. The highest BCUT2D eigenvalue weighted by atomic mass is 35.5. The summed E-state index contributed by atoms with van der Waals surface area (Å²) in [5, 5.41) is 6.89. The standard InChI is InChI=1S/C25H21ClN4O2S/c26-21-8-4-5-9-22(21)29-23(31)17-33-25-27-14-15-30(25)20-12-10-19(11-13-20)24(32)28-16-18-6-2-1-3-7-18/h1-15H,16-17H2,(H,28,32)(H,29,31). The maximum atomic E-state index is 12.4. The van der Waals surface area contributed by atoms with Crippen LogP contribution in [0.25, 0.3) is 5.69 Å². The minimum atomic E-state index is -0.173. The summed E-state index contributed by atoms with van der Waals surface area (Å²) >= 11 is 7.41. The number of carbonyl (C=O) groups is 2. The van der Waals surface area contributed by atoms with E-state index in [2.05, 4.69) is 15.6 Å². The molecule has 33 heavy (non-hydrogen) atoms. The maximum absolute atomic E-state index is 12.4. The van der Waals surface area contributed by atoms with Crippen molar-refractivity contribution in [2.24, 2.45) is 0 Å². The molecule has 4 aromatic rings. The molecule has 0 atom stereocenters. The summed E-state index contributed by atoms with van der Waals surface area (Å²) in [5.74, 6) is -0.127. The summed E-state index contributed by atoms with van der Waals surface area (Å²) in [6.07, 6.45) is 3.49. The van der Waals surface area contributed by atoms with E-state index in [1.165, 1.54) is 11.8 Å². The molecule has 6 nitrogen and oxygen atoms in total. The molecule has 0 unspecified atom stereocenters. The van der Waals surface area contributed by atoms with Gasteiger partial charge in [0.1, 0.15) is 0 Å². The van der Waals surface area contributed by atoms with E-state index < -0.39 is 0 Å². The first-order valence-electron chi connectivity index (χ1n) is 10.2. The van der Waals surface area contributed by atoms with E-state index in [-0.39, 0.29) is 17.6 Å². The Bertz CT molecular complexity index is 1240. The van der Waals surface area contributed by atoms with Crippen LogP contribution in [0.1, 0.15) is 15.9 Å². The summed E-state index contributed by atoms with van der Waals surface area (Å²) in [6.45, 7) is 0.472. The number of carbonyl (C=O) groups excluding carboxylic acids is 2. The zero-order valence-electron chi connectivity index (χ0n) is 17.6. The molecule has 3 aromatic carbocycles. The highest BCUT2D eigenvalue weighted by Gasteiger charge is 2.12. The average molecular weight is 477 g/mol. The molecule has 1 heterocycles. The number of nitrogens with zero attached hydrogens (tertiary/aromatic N) is 2. The van der Waals surface area contributed by atoms with Gasteiger partial charge in [0, 0.05) is 30.2 Å². The minimum absolute atomic E-state index is 0.137. The second-order valence-electron chi connectivity index (χ2n) is 7.11. The third kappa shape index (κ3) is 6.03. The van der Waals surface area contributed by atoms with Crippen molar-refractivity contribution in [2.75, 3.05) is 11.1 Å². The second kappa shape index (κ2) is 10.8. The molecular formula is C25H21ClN4O2S. The number of para-hydroxylation sites is 1. The van der Waals surface area contributed by atoms with Crippen LogP contribution in [0.2, 0.25) is 5.02 Å². The van der Waals surface area contributed by atoms with Crippen LogP contribution in [-0.4, -0.2) is 27.1 Å². The predicted octanol–water partition coefficient (Wildman–Crippen LogP) is 5.19. The van der Waals surface area contributed by atoms with E-state index in [4.69, 9.17) is 11.6 Å². The summed E-state index contributed by atoms with van der Waals surface area (Å²) in [4.78, 5) is 29.1. The molecular weight excluding hydrogens is 456 g/mol. The second-order valence-corrected chi connectivity index (χ2v) is 8.46. The number of aromatic nitrogens is 2. The first-order chi connectivity index (χ1) is 16.1. The predicted molar refractivity (Wildman–Crippen MR) is 132 cm³/mol. The van der Waals surface area contributed by atoms with E-state index in [9.17, 15) is 9.59 Å². The van der Waals surface area contributed by atoms with Gasteiger partial charge in [-0.2, -0.15) is 0 Å². The van der Waals surface area contributed by atoms with Gasteiger partial charge in [-0.3, -0.25) is 14.2 Å². The lowest BCUT2D eigenvalue weighted by Crippen LogP contribution is -2.22. The number of imidazole rings is 1. The van der Waals surface area contributed by atoms with Crippen LogP contribution in [-0.2, 0) is 11.3 Å². The van der Waals surface area contributed by atoms with Crippen molar-refractivity contribution in [3.05, 3.63) is 107 Å². The SMILES string of the molecule is O=C(CSc1nccn1-c1ccc(C(=O)NCc2ccccc2)cc1)Nc1ccccc1Cl. The van der Waals surface area contributed by atoms with Gasteiger partial charge in [-0.1, -0.05) is 65.8 Å². The zero-order valence-corrected chi connectivity index (χ0v) is 19.1. The molecule has 1 aromatic heterocycles. The molecule has 0 saturated carbocycles. The van der Waals surface area contributed by atoms with Crippen molar-refractivity contribution in [2.45, 2.75) is 11.7 Å². The van der Waals surface area contributed by atoms with Gasteiger partial charge in [-0.25, -0.2) is 4.98 Å². The van der Waals surface area contributed by atoms with E-state index >= 15 is 0 Å². The molecule has 0 saturated heterocycles. The third-order valence-corrected chi connectivity index (χ3v) is 6.09. The number of amides is 2. The van der Waals surface area contributed by atoms with Gasteiger partial charge < -0.3 is 10.6 Å². The molecule has 0 bridgehead atoms. The van der Waals surface area contributed by atoms with Crippen molar-refractivity contribution in [3.63, 3.8) is 0 Å². The van der Waals surface area contributed by atoms with Crippen LogP contribution in [0, 0.1) is 0 Å². The van der Waals surface area contributed by atoms with E-state index in [0.29, 0.717) is 28.0 Å². The molecule has 2 N–H and O–H groups in total. The Morgan fingerprint density at radius 1 is 0.939 bits per heavy atom. The third-order valence-electron chi connectivity index (χ3n) is 4.79. The summed E-state index contributed by atoms with van der Waals surface area (Å²) < 4.78 is 1.87. The molecule has 0 aliphatic carbocycles. The molecule has 4 rings (SSSR count). The van der Waals surface area contributed by atoms with Crippen LogP contribution < -0.4 is 10.6 Å². The summed E-state index contributed by atoms with van der Waals surface area (Å²) in [6, 6.07) is 24.1. The summed E-state index contributed by atoms with van der Waals surface area (Å²) in [7, 11) is 0. The number of hydrogen-bond acceptors (Lipinski definition) is 4. The van der Waals surface area contributed by atoms with Crippen LogP contribution in [0.15, 0.2) is 96.4 Å². The van der Waals surface area contributed by atoms with Gasteiger partial charge >= 0.3 is 0 Å². The first-order valence-corrected chi connectivity index (χ1v) is 11.6. The number of hydrogen-bond donors (Lipinski definition) is 2. The van der Waals surface area contributed by atoms with Gasteiger partial charge in [0.25, 0.3) is 5.91 Å². The van der Waals surface area contributed by atoms with Gasteiger partial charge in [0.2, 0.25) is 5.91 Å². The molecule has 0 aliphatic rings. The van der Waals surface area contributed by atoms with E-state index in [1.807, 2.05) is 65.4 Å². The Labute approximate surface area is 201 Å². The van der Waals surface area contributed by atoms with Gasteiger partial charge in [0.15, 0.2) is 5.16 Å². The highest BCUT2D eigenvalue weighted by molar-refractivity contribution is 7.99. The molecule has 0 spiro atoms. The van der Waals surface area contributed by atoms with E-state index in [0.717, 1.165) is 11.3 Å². The topological polar surface area (TPSA) is 76.0 Å². The first kappa shape index (κ1) is 22.6.